The molecule has 200 valence electrons. The van der Waals surface area contributed by atoms with E-state index in [-0.39, 0.29) is 23.0 Å². The Morgan fingerprint density at radius 1 is 1.08 bits per heavy atom. The van der Waals surface area contributed by atoms with Gasteiger partial charge in [0.05, 0.1) is 27.3 Å². The first-order valence-corrected chi connectivity index (χ1v) is 15.0. The van der Waals surface area contributed by atoms with Crippen LogP contribution in [0, 0.1) is 0 Å². The lowest BCUT2D eigenvalue weighted by atomic mass is 10.2. The van der Waals surface area contributed by atoms with Crippen molar-refractivity contribution < 1.29 is 17.9 Å². The molecule has 1 fully saturated rings. The van der Waals surface area contributed by atoms with Gasteiger partial charge in [0.25, 0.3) is 5.91 Å². The Kier molecular flexibility index (Phi) is 8.65. The number of ether oxygens (including phenoxy) is 1. The number of thiazole rings is 1. The third-order valence-corrected chi connectivity index (χ3v) is 9.33. The summed E-state index contributed by atoms with van der Waals surface area (Å²) >= 11 is 1.51. The molecule has 1 aliphatic rings. The number of aromatic nitrogens is 1. The fourth-order valence-corrected chi connectivity index (χ4v) is 7.17. The van der Waals surface area contributed by atoms with Crippen LogP contribution in [0.4, 0.5) is 5.13 Å². The maximum absolute atomic E-state index is 13.7. The van der Waals surface area contributed by atoms with Crippen LogP contribution in [0.25, 0.3) is 10.2 Å². The highest BCUT2D eigenvalue weighted by molar-refractivity contribution is 7.89. The van der Waals surface area contributed by atoms with Crippen molar-refractivity contribution in [2.24, 2.45) is 0 Å². The summed E-state index contributed by atoms with van der Waals surface area (Å²) in [6.45, 7) is 7.83. The first kappa shape index (κ1) is 27.7. The number of fused-ring (bicyclic) bond motifs is 1. The smallest absolute Gasteiger partial charge is 0.260 e. The number of hydrogen-bond acceptors (Lipinski definition) is 7. The number of nitrogens with zero attached hydrogens (tertiary/aromatic N) is 4. The van der Waals surface area contributed by atoms with Gasteiger partial charge >= 0.3 is 0 Å². The van der Waals surface area contributed by atoms with Crippen molar-refractivity contribution in [1.29, 1.82) is 0 Å². The second kappa shape index (κ2) is 11.6. The van der Waals surface area contributed by atoms with E-state index in [0.29, 0.717) is 30.3 Å². The number of sulfonamides is 1. The van der Waals surface area contributed by atoms with E-state index in [9.17, 15) is 13.2 Å². The molecule has 2 unspecified atom stereocenters. The van der Waals surface area contributed by atoms with E-state index in [1.807, 2.05) is 34.0 Å². The fraction of sp³-hybridized carbons (Fsp3) is 0.481. The average Bonchev–Trinajstić information content (AvgIpc) is 3.28. The summed E-state index contributed by atoms with van der Waals surface area (Å²) in [7, 11) is 0.333. The largest absolute Gasteiger partial charge is 0.373 e. The minimum absolute atomic E-state index is 0.169. The normalized spacial score (nSPS) is 19.0. The maximum Gasteiger partial charge on any atom is 0.260 e. The molecule has 3 aromatic rings. The second-order valence-corrected chi connectivity index (χ2v) is 12.8. The van der Waals surface area contributed by atoms with E-state index < -0.39 is 10.0 Å². The van der Waals surface area contributed by atoms with Crippen molar-refractivity contribution in [3.8, 4) is 0 Å². The predicted molar refractivity (Wildman–Crippen MR) is 149 cm³/mol. The summed E-state index contributed by atoms with van der Waals surface area (Å²) in [5, 5.41) is 0.653. The van der Waals surface area contributed by atoms with E-state index >= 15 is 0 Å². The Hall–Kier alpha value is -2.37. The number of amides is 1. The van der Waals surface area contributed by atoms with Crippen LogP contribution >= 0.6 is 11.3 Å². The van der Waals surface area contributed by atoms with Crippen molar-refractivity contribution in [3.05, 3.63) is 53.6 Å². The van der Waals surface area contributed by atoms with E-state index in [1.165, 1.54) is 33.3 Å². The van der Waals surface area contributed by atoms with Gasteiger partial charge in [0.1, 0.15) is 0 Å². The highest BCUT2D eigenvalue weighted by Crippen LogP contribution is 2.31. The zero-order valence-electron chi connectivity index (χ0n) is 22.2. The molecule has 8 nitrogen and oxygen atoms in total. The number of morpholine rings is 1. The van der Waals surface area contributed by atoms with Crippen molar-refractivity contribution in [2.75, 3.05) is 45.2 Å². The number of benzene rings is 2. The molecule has 0 aliphatic carbocycles. The van der Waals surface area contributed by atoms with Crippen LogP contribution < -0.4 is 4.90 Å². The van der Waals surface area contributed by atoms with Gasteiger partial charge in [-0.25, -0.2) is 13.4 Å². The van der Waals surface area contributed by atoms with Gasteiger partial charge in [0.15, 0.2) is 5.13 Å². The molecule has 2 atom stereocenters. The summed E-state index contributed by atoms with van der Waals surface area (Å²) in [4.78, 5) is 22.4. The summed E-state index contributed by atoms with van der Waals surface area (Å²) in [5.41, 5.74) is 2.54. The Bertz CT molecular complexity index is 1330. The quantitative estimate of drug-likeness (QED) is 0.401. The van der Waals surface area contributed by atoms with Crippen LogP contribution in [-0.4, -0.2) is 81.0 Å². The molecular weight excluding hydrogens is 508 g/mol. The summed E-state index contributed by atoms with van der Waals surface area (Å²) in [6.07, 6.45) is 1.38. The third kappa shape index (κ3) is 6.38. The van der Waals surface area contributed by atoms with Gasteiger partial charge in [-0.2, -0.15) is 4.31 Å². The van der Waals surface area contributed by atoms with E-state index in [2.05, 4.69) is 24.0 Å². The molecule has 1 aliphatic heterocycles. The van der Waals surface area contributed by atoms with E-state index in [1.54, 1.807) is 17.0 Å². The molecule has 0 saturated carbocycles. The van der Waals surface area contributed by atoms with Crippen molar-refractivity contribution in [3.63, 3.8) is 0 Å². The monoisotopic (exact) mass is 544 g/mol. The SMILES string of the molecule is CCc1ccc2nc(N(CCCN(C)C)C(=O)c3ccc(S(=O)(=O)N4CC(C)OC(C)C4)cc3)sc2c1. The summed E-state index contributed by atoms with van der Waals surface area (Å²) < 4.78 is 34.7. The van der Waals surface area contributed by atoms with Crippen molar-refractivity contribution in [2.45, 2.75) is 50.7 Å². The maximum atomic E-state index is 13.7. The predicted octanol–water partition coefficient (Wildman–Crippen LogP) is 4.26. The van der Waals surface area contributed by atoms with Crippen LogP contribution in [0.2, 0.25) is 0 Å². The standard InChI is InChI=1S/C27H36N4O4S2/c1-6-21-8-13-24-25(16-21)36-27(28-24)31(15-7-14-29(4)5)26(32)22-9-11-23(12-10-22)37(33,34)30-17-19(2)35-20(3)18-30/h8-13,16,19-20H,6-7,14-15,17-18H2,1-5H3. The Morgan fingerprint density at radius 2 is 1.76 bits per heavy atom. The molecule has 1 saturated heterocycles. The Balaban J connectivity index is 1.60. The summed E-state index contributed by atoms with van der Waals surface area (Å²) in [6, 6.07) is 12.5. The van der Waals surface area contributed by atoms with Gasteiger partial charge in [-0.15, -0.1) is 0 Å². The van der Waals surface area contributed by atoms with Crippen molar-refractivity contribution >= 4 is 42.6 Å². The molecule has 10 heteroatoms. The number of anilines is 1. The molecule has 0 bridgehead atoms. The molecule has 0 N–H and O–H groups in total. The molecule has 1 aromatic heterocycles. The molecule has 0 radical (unpaired) electrons. The molecule has 0 spiro atoms. The number of carbonyl (C=O) groups excluding carboxylic acids is 1. The van der Waals surface area contributed by atoms with Gasteiger partial charge < -0.3 is 9.64 Å². The van der Waals surface area contributed by atoms with Gasteiger partial charge in [-0.05, 0) is 89.3 Å². The molecule has 2 heterocycles. The minimum Gasteiger partial charge on any atom is -0.373 e. The first-order chi connectivity index (χ1) is 17.6. The topological polar surface area (TPSA) is 83.1 Å². The number of rotatable bonds is 9. The molecule has 37 heavy (non-hydrogen) atoms. The van der Waals surface area contributed by atoms with Gasteiger partial charge in [0.2, 0.25) is 10.0 Å². The number of carbonyl (C=O) groups is 1. The fourth-order valence-electron chi connectivity index (χ4n) is 4.52. The summed E-state index contributed by atoms with van der Waals surface area (Å²) in [5.74, 6) is -0.189. The van der Waals surface area contributed by atoms with Gasteiger partial charge in [0, 0.05) is 25.2 Å². The third-order valence-electron chi connectivity index (χ3n) is 6.44. The molecule has 4 rings (SSSR count). The van der Waals surface area contributed by atoms with Crippen LogP contribution in [0.1, 0.15) is 43.1 Å². The lowest BCUT2D eigenvalue weighted by Crippen LogP contribution is -2.48. The first-order valence-electron chi connectivity index (χ1n) is 12.7. The Labute approximate surface area is 223 Å². The molecule has 1 amide bonds. The highest BCUT2D eigenvalue weighted by Gasteiger charge is 2.32. The highest BCUT2D eigenvalue weighted by atomic mass is 32.2. The zero-order chi connectivity index (χ0) is 26.7. The van der Waals surface area contributed by atoms with Crippen LogP contribution in [0.3, 0.4) is 0 Å². The lowest BCUT2D eigenvalue weighted by molar-refractivity contribution is -0.0440. The Morgan fingerprint density at radius 3 is 2.38 bits per heavy atom. The van der Waals surface area contributed by atoms with Crippen LogP contribution in [0.15, 0.2) is 47.4 Å². The number of aryl methyl sites for hydroxylation is 1. The second-order valence-electron chi connectivity index (χ2n) is 9.87. The zero-order valence-corrected chi connectivity index (χ0v) is 23.8. The molecular formula is C27H36N4O4S2. The number of hydrogen-bond donors (Lipinski definition) is 0. The van der Waals surface area contributed by atoms with Crippen LogP contribution in [-0.2, 0) is 21.2 Å². The average molecular weight is 545 g/mol. The van der Waals surface area contributed by atoms with Crippen LogP contribution in [0.5, 0.6) is 0 Å². The van der Waals surface area contributed by atoms with Gasteiger partial charge in [-0.3, -0.25) is 9.69 Å². The van der Waals surface area contributed by atoms with E-state index in [4.69, 9.17) is 9.72 Å². The van der Waals surface area contributed by atoms with E-state index in [0.717, 1.165) is 29.6 Å². The molecule has 2 aromatic carbocycles. The van der Waals surface area contributed by atoms with Crippen molar-refractivity contribution in [1.82, 2.24) is 14.2 Å². The van der Waals surface area contributed by atoms with Gasteiger partial charge in [-0.1, -0.05) is 24.3 Å². The lowest BCUT2D eigenvalue weighted by Gasteiger charge is -2.34. The minimum atomic E-state index is -3.68.